The van der Waals surface area contributed by atoms with Crippen LogP contribution >= 0.6 is 0 Å². The molecule has 0 fully saturated rings. The number of unbranched alkanes of at least 4 members (excludes halogenated alkanes) is 1. The Morgan fingerprint density at radius 2 is 1.95 bits per heavy atom. The van der Waals surface area contributed by atoms with Gasteiger partial charge < -0.3 is 10.1 Å². The Balaban J connectivity index is 4.55. The maximum absolute atomic E-state index is 11.8. The molecule has 0 aromatic rings. The van der Waals surface area contributed by atoms with Gasteiger partial charge in [0.2, 0.25) is 0 Å². The number of ether oxygens (including phenoxy) is 1. The molecule has 4 nitrogen and oxygen atoms in total. The quantitative estimate of drug-likeness (QED) is 0.587. The fourth-order valence-electron chi connectivity index (χ4n) is 2.03. The third kappa shape index (κ3) is 7.53. The summed E-state index contributed by atoms with van der Waals surface area (Å²) < 4.78 is 4.90. The highest BCUT2D eigenvalue weighted by Gasteiger charge is 2.23. The summed E-state index contributed by atoms with van der Waals surface area (Å²) in [7, 11) is 1.46. The topological polar surface area (TPSA) is 41.6 Å². The first-order valence-corrected chi connectivity index (χ1v) is 7.65. The summed E-state index contributed by atoms with van der Waals surface area (Å²) in [6.07, 6.45) is 4.47. The summed E-state index contributed by atoms with van der Waals surface area (Å²) >= 11 is 0. The normalized spacial score (nSPS) is 14.4. The van der Waals surface area contributed by atoms with Crippen LogP contribution in [0.3, 0.4) is 0 Å². The van der Waals surface area contributed by atoms with E-state index in [0.29, 0.717) is 6.04 Å². The Hall–Kier alpha value is -0.610. The molecule has 0 aliphatic rings. The van der Waals surface area contributed by atoms with Crippen LogP contribution in [-0.4, -0.2) is 49.7 Å². The van der Waals surface area contributed by atoms with Crippen molar-refractivity contribution in [3.8, 4) is 0 Å². The number of nitrogens with one attached hydrogen (secondary N) is 1. The van der Waals surface area contributed by atoms with Crippen LogP contribution in [0.5, 0.6) is 0 Å². The number of carbonyl (C=O) groups excluding carboxylic acids is 1. The van der Waals surface area contributed by atoms with E-state index >= 15 is 0 Å². The van der Waals surface area contributed by atoms with E-state index in [1.807, 2.05) is 0 Å². The predicted octanol–water partition coefficient (Wildman–Crippen LogP) is 2.43. The molecule has 0 saturated carbocycles. The minimum Gasteiger partial charge on any atom is -0.468 e. The zero-order valence-electron chi connectivity index (χ0n) is 13.4. The standard InChI is InChI=1S/C15H32N2O2/c1-6-9-11-17(13(4)8-3)12-14(15(18)19-5)16-10-7-2/h13-14,16H,6-12H2,1-5H3. The first-order valence-electron chi connectivity index (χ1n) is 7.65. The lowest BCUT2D eigenvalue weighted by Gasteiger charge is -2.31. The minimum atomic E-state index is -0.212. The van der Waals surface area contributed by atoms with E-state index in [4.69, 9.17) is 4.74 Å². The largest absolute Gasteiger partial charge is 0.468 e. The second-order valence-corrected chi connectivity index (χ2v) is 5.14. The number of nitrogens with zero attached hydrogens (tertiary/aromatic N) is 1. The number of hydrogen-bond acceptors (Lipinski definition) is 4. The lowest BCUT2D eigenvalue weighted by molar-refractivity contribution is -0.143. The van der Waals surface area contributed by atoms with Crippen molar-refractivity contribution >= 4 is 5.97 Å². The van der Waals surface area contributed by atoms with Gasteiger partial charge in [0, 0.05) is 12.6 Å². The summed E-state index contributed by atoms with van der Waals surface area (Å²) in [5.74, 6) is -0.154. The Labute approximate surface area is 118 Å². The molecule has 0 bridgehead atoms. The molecule has 1 N–H and O–H groups in total. The van der Waals surface area contributed by atoms with Crippen molar-refractivity contribution in [2.45, 2.75) is 65.5 Å². The molecule has 0 aliphatic carbocycles. The Morgan fingerprint density at radius 3 is 2.42 bits per heavy atom. The van der Waals surface area contributed by atoms with Gasteiger partial charge in [-0.15, -0.1) is 0 Å². The summed E-state index contributed by atoms with van der Waals surface area (Å²) in [5, 5.41) is 3.29. The zero-order valence-corrected chi connectivity index (χ0v) is 13.4. The van der Waals surface area contributed by atoms with Crippen LogP contribution in [-0.2, 0) is 9.53 Å². The van der Waals surface area contributed by atoms with Gasteiger partial charge in [0.05, 0.1) is 7.11 Å². The SMILES string of the molecule is CCCCN(CC(NCCC)C(=O)OC)C(C)CC. The zero-order chi connectivity index (χ0) is 14.7. The van der Waals surface area contributed by atoms with Crippen LogP contribution in [0.4, 0.5) is 0 Å². The van der Waals surface area contributed by atoms with Gasteiger partial charge in [0.15, 0.2) is 0 Å². The molecule has 0 heterocycles. The van der Waals surface area contributed by atoms with E-state index in [9.17, 15) is 4.79 Å². The van der Waals surface area contributed by atoms with E-state index in [0.717, 1.165) is 32.5 Å². The average molecular weight is 272 g/mol. The van der Waals surface area contributed by atoms with Gasteiger partial charge in [0.25, 0.3) is 0 Å². The smallest absolute Gasteiger partial charge is 0.324 e. The molecule has 0 radical (unpaired) electrons. The number of carbonyl (C=O) groups is 1. The number of hydrogen-bond donors (Lipinski definition) is 1. The van der Waals surface area contributed by atoms with E-state index in [1.54, 1.807) is 0 Å². The van der Waals surface area contributed by atoms with E-state index in [-0.39, 0.29) is 12.0 Å². The molecule has 2 unspecified atom stereocenters. The Kier molecular flexibility index (Phi) is 10.9. The number of rotatable bonds is 11. The lowest BCUT2D eigenvalue weighted by Crippen LogP contribution is -2.49. The molecule has 0 saturated heterocycles. The second-order valence-electron chi connectivity index (χ2n) is 5.14. The Bertz CT molecular complexity index is 234. The molecule has 0 rings (SSSR count). The number of methoxy groups -OCH3 is 1. The summed E-state index contributed by atoms with van der Waals surface area (Å²) in [5.41, 5.74) is 0. The predicted molar refractivity (Wildman–Crippen MR) is 80.3 cm³/mol. The third-order valence-corrected chi connectivity index (χ3v) is 3.56. The molecule has 19 heavy (non-hydrogen) atoms. The van der Waals surface area contributed by atoms with Crippen molar-refractivity contribution in [2.24, 2.45) is 0 Å². The fourth-order valence-corrected chi connectivity index (χ4v) is 2.03. The molecule has 114 valence electrons. The van der Waals surface area contributed by atoms with Crippen molar-refractivity contribution in [2.75, 3.05) is 26.7 Å². The van der Waals surface area contributed by atoms with Gasteiger partial charge >= 0.3 is 5.97 Å². The first-order chi connectivity index (χ1) is 9.10. The highest BCUT2D eigenvalue weighted by atomic mass is 16.5. The molecule has 0 aliphatic heterocycles. The third-order valence-electron chi connectivity index (χ3n) is 3.56. The van der Waals surface area contributed by atoms with Crippen LogP contribution in [0.1, 0.15) is 53.4 Å². The average Bonchev–Trinajstić information content (AvgIpc) is 2.44. The molecule has 0 amide bonds. The van der Waals surface area contributed by atoms with Gasteiger partial charge in [-0.05, 0) is 39.3 Å². The van der Waals surface area contributed by atoms with E-state index in [1.165, 1.54) is 20.0 Å². The van der Waals surface area contributed by atoms with Gasteiger partial charge in [-0.3, -0.25) is 9.69 Å². The van der Waals surface area contributed by atoms with Gasteiger partial charge in [-0.2, -0.15) is 0 Å². The molecule has 4 heteroatoms. The van der Waals surface area contributed by atoms with Gasteiger partial charge in [-0.1, -0.05) is 27.2 Å². The molecule has 0 spiro atoms. The van der Waals surface area contributed by atoms with Gasteiger partial charge in [-0.25, -0.2) is 0 Å². The van der Waals surface area contributed by atoms with Crippen LogP contribution in [0.25, 0.3) is 0 Å². The van der Waals surface area contributed by atoms with E-state index in [2.05, 4.69) is 37.9 Å². The van der Waals surface area contributed by atoms with Crippen molar-refractivity contribution in [1.29, 1.82) is 0 Å². The van der Waals surface area contributed by atoms with Crippen molar-refractivity contribution in [3.05, 3.63) is 0 Å². The molecule has 2 atom stereocenters. The monoisotopic (exact) mass is 272 g/mol. The summed E-state index contributed by atoms with van der Waals surface area (Å²) in [4.78, 5) is 14.2. The molecule has 0 aromatic carbocycles. The molecular formula is C15H32N2O2. The van der Waals surface area contributed by atoms with Gasteiger partial charge in [0.1, 0.15) is 6.04 Å². The Morgan fingerprint density at radius 1 is 1.26 bits per heavy atom. The van der Waals surface area contributed by atoms with Crippen LogP contribution in [0, 0.1) is 0 Å². The minimum absolute atomic E-state index is 0.154. The highest BCUT2D eigenvalue weighted by molar-refractivity contribution is 5.75. The molecule has 0 aromatic heterocycles. The van der Waals surface area contributed by atoms with Crippen LogP contribution in [0.2, 0.25) is 0 Å². The van der Waals surface area contributed by atoms with Crippen LogP contribution in [0.15, 0.2) is 0 Å². The van der Waals surface area contributed by atoms with Crippen molar-refractivity contribution in [3.63, 3.8) is 0 Å². The molecular weight excluding hydrogens is 240 g/mol. The van der Waals surface area contributed by atoms with Crippen LogP contribution < -0.4 is 5.32 Å². The highest BCUT2D eigenvalue weighted by Crippen LogP contribution is 2.07. The first kappa shape index (κ1) is 18.4. The van der Waals surface area contributed by atoms with Crippen molar-refractivity contribution in [1.82, 2.24) is 10.2 Å². The summed E-state index contributed by atoms with van der Waals surface area (Å²) in [6.45, 7) is 11.4. The lowest BCUT2D eigenvalue weighted by atomic mass is 10.1. The van der Waals surface area contributed by atoms with E-state index < -0.39 is 0 Å². The maximum atomic E-state index is 11.8. The maximum Gasteiger partial charge on any atom is 0.324 e. The fraction of sp³-hybridized carbons (Fsp3) is 0.933. The summed E-state index contributed by atoms with van der Waals surface area (Å²) in [6, 6.07) is 0.290. The number of esters is 1. The second kappa shape index (κ2) is 11.2. The van der Waals surface area contributed by atoms with Crippen molar-refractivity contribution < 1.29 is 9.53 Å².